The van der Waals surface area contributed by atoms with E-state index in [-0.39, 0.29) is 5.82 Å². The Morgan fingerprint density at radius 1 is 1.29 bits per heavy atom. The number of aryl methyl sites for hydroxylation is 1. The summed E-state index contributed by atoms with van der Waals surface area (Å²) in [4.78, 5) is 14.2. The number of benzene rings is 1. The zero-order valence-corrected chi connectivity index (χ0v) is 7.71. The first-order chi connectivity index (χ1) is 6.79. The van der Waals surface area contributed by atoms with Gasteiger partial charge in [0.25, 0.3) is 0 Å². The Morgan fingerprint density at radius 3 is 2.57 bits per heavy atom. The molecule has 0 fully saturated rings. The van der Waals surface area contributed by atoms with Gasteiger partial charge in [0.05, 0.1) is 5.69 Å². The van der Waals surface area contributed by atoms with Gasteiger partial charge < -0.3 is 0 Å². The molecule has 0 aliphatic heterocycles. The van der Waals surface area contributed by atoms with Crippen LogP contribution in [0.3, 0.4) is 0 Å². The fraction of sp³-hybridized carbons (Fsp3) is 0.100. The molecule has 0 aliphatic carbocycles. The van der Waals surface area contributed by atoms with Crippen LogP contribution >= 0.6 is 0 Å². The van der Waals surface area contributed by atoms with E-state index in [0.29, 0.717) is 6.29 Å². The first-order valence-electron chi connectivity index (χ1n) is 4.23. The van der Waals surface area contributed by atoms with Gasteiger partial charge in [-0.3, -0.25) is 4.79 Å². The van der Waals surface area contributed by atoms with Crippen LogP contribution in [0.1, 0.15) is 16.2 Å². The van der Waals surface area contributed by atoms with Crippen LogP contribution < -0.4 is 0 Å². The molecule has 0 saturated carbocycles. The molecular formula is C10H9N3O. The van der Waals surface area contributed by atoms with Gasteiger partial charge in [-0.05, 0) is 19.1 Å². The minimum absolute atomic E-state index is 0.200. The van der Waals surface area contributed by atoms with E-state index >= 15 is 0 Å². The predicted octanol–water partition coefficient (Wildman–Crippen LogP) is 1.39. The van der Waals surface area contributed by atoms with Crippen LogP contribution in [0.2, 0.25) is 0 Å². The van der Waals surface area contributed by atoms with Crippen molar-refractivity contribution in [3.05, 3.63) is 42.0 Å². The van der Waals surface area contributed by atoms with E-state index in [4.69, 9.17) is 0 Å². The highest BCUT2D eigenvalue weighted by Crippen LogP contribution is 2.07. The maximum atomic E-state index is 10.4. The number of nitrogens with zero attached hydrogens (tertiary/aromatic N) is 3. The zero-order valence-electron chi connectivity index (χ0n) is 7.71. The summed E-state index contributed by atoms with van der Waals surface area (Å²) >= 11 is 0. The van der Waals surface area contributed by atoms with Gasteiger partial charge in [0.15, 0.2) is 6.29 Å². The molecule has 1 heterocycles. The molecule has 0 amide bonds. The molecule has 0 spiro atoms. The third kappa shape index (κ3) is 1.54. The summed E-state index contributed by atoms with van der Waals surface area (Å²) < 4.78 is 1.57. The molecule has 0 aliphatic rings. The SMILES string of the molecule is Cc1ccc(-n2cnc(C=O)n2)cc1. The monoisotopic (exact) mass is 187 g/mol. The van der Waals surface area contributed by atoms with Gasteiger partial charge in [-0.25, -0.2) is 9.67 Å². The van der Waals surface area contributed by atoms with Gasteiger partial charge in [0.2, 0.25) is 5.82 Å². The van der Waals surface area contributed by atoms with Crippen LogP contribution in [0.4, 0.5) is 0 Å². The van der Waals surface area contributed by atoms with Crippen molar-refractivity contribution in [1.29, 1.82) is 0 Å². The molecular weight excluding hydrogens is 178 g/mol. The molecule has 1 aromatic heterocycles. The van der Waals surface area contributed by atoms with Crippen molar-refractivity contribution in [2.45, 2.75) is 6.92 Å². The Bertz CT molecular complexity index is 445. The highest BCUT2D eigenvalue weighted by molar-refractivity contribution is 5.68. The summed E-state index contributed by atoms with van der Waals surface area (Å²) in [5.74, 6) is 0.200. The van der Waals surface area contributed by atoms with Crippen molar-refractivity contribution in [2.75, 3.05) is 0 Å². The molecule has 2 rings (SSSR count). The number of carbonyl (C=O) groups excluding carboxylic acids is 1. The largest absolute Gasteiger partial charge is 0.294 e. The smallest absolute Gasteiger partial charge is 0.214 e. The predicted molar refractivity (Wildman–Crippen MR) is 51.5 cm³/mol. The van der Waals surface area contributed by atoms with E-state index in [1.807, 2.05) is 31.2 Å². The van der Waals surface area contributed by atoms with Crippen molar-refractivity contribution >= 4 is 6.29 Å². The van der Waals surface area contributed by atoms with E-state index in [0.717, 1.165) is 5.69 Å². The van der Waals surface area contributed by atoms with Gasteiger partial charge in [0.1, 0.15) is 6.33 Å². The molecule has 4 heteroatoms. The molecule has 1 aromatic carbocycles. The van der Waals surface area contributed by atoms with E-state index in [9.17, 15) is 4.79 Å². The van der Waals surface area contributed by atoms with Gasteiger partial charge in [-0.2, -0.15) is 0 Å². The molecule has 70 valence electrons. The van der Waals surface area contributed by atoms with Crippen LogP contribution in [-0.2, 0) is 0 Å². The van der Waals surface area contributed by atoms with Crippen molar-refractivity contribution in [3.63, 3.8) is 0 Å². The highest BCUT2D eigenvalue weighted by Gasteiger charge is 2.00. The lowest BCUT2D eigenvalue weighted by Crippen LogP contribution is -1.95. The molecule has 2 aromatic rings. The number of rotatable bonds is 2. The topological polar surface area (TPSA) is 47.8 Å². The van der Waals surface area contributed by atoms with Gasteiger partial charge in [-0.15, -0.1) is 5.10 Å². The molecule has 0 N–H and O–H groups in total. The fourth-order valence-corrected chi connectivity index (χ4v) is 1.15. The number of aromatic nitrogens is 3. The second kappa shape index (κ2) is 3.41. The maximum absolute atomic E-state index is 10.4. The number of hydrogen-bond donors (Lipinski definition) is 0. The van der Waals surface area contributed by atoms with E-state index < -0.39 is 0 Å². The lowest BCUT2D eigenvalue weighted by molar-refractivity contribution is 0.111. The molecule has 0 atom stereocenters. The lowest BCUT2D eigenvalue weighted by Gasteiger charge is -1.99. The molecule has 0 saturated heterocycles. The maximum Gasteiger partial charge on any atom is 0.214 e. The molecule has 0 bridgehead atoms. The second-order valence-electron chi connectivity index (χ2n) is 3.00. The Labute approximate surface area is 81.2 Å². The summed E-state index contributed by atoms with van der Waals surface area (Å²) in [7, 11) is 0. The summed E-state index contributed by atoms with van der Waals surface area (Å²) in [5, 5.41) is 3.97. The first-order valence-corrected chi connectivity index (χ1v) is 4.23. The van der Waals surface area contributed by atoms with Crippen LogP contribution in [0.25, 0.3) is 5.69 Å². The van der Waals surface area contributed by atoms with E-state index in [1.54, 1.807) is 4.68 Å². The minimum atomic E-state index is 0.200. The Balaban J connectivity index is 2.39. The first kappa shape index (κ1) is 8.62. The van der Waals surface area contributed by atoms with E-state index in [2.05, 4.69) is 10.1 Å². The lowest BCUT2D eigenvalue weighted by atomic mass is 10.2. The molecule has 0 unspecified atom stereocenters. The minimum Gasteiger partial charge on any atom is -0.294 e. The van der Waals surface area contributed by atoms with Crippen LogP contribution in [0, 0.1) is 6.92 Å². The van der Waals surface area contributed by atoms with E-state index in [1.165, 1.54) is 11.9 Å². The van der Waals surface area contributed by atoms with Gasteiger partial charge in [-0.1, -0.05) is 17.7 Å². The molecule has 14 heavy (non-hydrogen) atoms. The number of hydrogen-bond acceptors (Lipinski definition) is 3. The standard InChI is InChI=1S/C10H9N3O/c1-8-2-4-9(5-3-8)13-7-11-10(6-14)12-13/h2-7H,1H3. The summed E-state index contributed by atoms with van der Waals surface area (Å²) in [6.45, 7) is 2.02. The zero-order chi connectivity index (χ0) is 9.97. The van der Waals surface area contributed by atoms with Gasteiger partial charge >= 0.3 is 0 Å². The van der Waals surface area contributed by atoms with Crippen molar-refractivity contribution in [2.24, 2.45) is 0 Å². The van der Waals surface area contributed by atoms with Crippen molar-refractivity contribution < 1.29 is 4.79 Å². The Kier molecular flexibility index (Phi) is 2.10. The molecule has 4 nitrogen and oxygen atoms in total. The third-order valence-corrected chi connectivity index (χ3v) is 1.91. The quantitative estimate of drug-likeness (QED) is 0.667. The van der Waals surface area contributed by atoms with Crippen molar-refractivity contribution in [1.82, 2.24) is 14.8 Å². The average Bonchev–Trinajstić information content (AvgIpc) is 2.67. The second-order valence-corrected chi connectivity index (χ2v) is 3.00. The third-order valence-electron chi connectivity index (χ3n) is 1.91. The number of aldehydes is 1. The summed E-state index contributed by atoms with van der Waals surface area (Å²) in [6.07, 6.45) is 2.15. The summed E-state index contributed by atoms with van der Waals surface area (Å²) in [5.41, 5.74) is 2.08. The van der Waals surface area contributed by atoms with Gasteiger partial charge in [0, 0.05) is 0 Å². The molecule has 0 radical (unpaired) electrons. The van der Waals surface area contributed by atoms with Crippen LogP contribution in [0.15, 0.2) is 30.6 Å². The summed E-state index contributed by atoms with van der Waals surface area (Å²) in [6, 6.07) is 7.83. The normalized spacial score (nSPS) is 10.1. The van der Waals surface area contributed by atoms with Crippen molar-refractivity contribution in [3.8, 4) is 5.69 Å². The average molecular weight is 187 g/mol. The fourth-order valence-electron chi connectivity index (χ4n) is 1.15. The van der Waals surface area contributed by atoms with Crippen LogP contribution in [0.5, 0.6) is 0 Å². The van der Waals surface area contributed by atoms with Crippen LogP contribution in [-0.4, -0.2) is 21.1 Å². The highest BCUT2D eigenvalue weighted by atomic mass is 16.1. The Morgan fingerprint density at radius 2 is 2.00 bits per heavy atom. The number of carbonyl (C=O) groups is 1. The Hall–Kier alpha value is -1.97.